The van der Waals surface area contributed by atoms with Gasteiger partial charge >= 0.3 is 5.97 Å². The van der Waals surface area contributed by atoms with E-state index in [1.165, 1.54) is 24.3 Å². The molecule has 1 rings (SSSR count). The van der Waals surface area contributed by atoms with Crippen LogP contribution in [0.15, 0.2) is 36.4 Å². The Morgan fingerprint density at radius 1 is 1.50 bits per heavy atom. The predicted molar refractivity (Wildman–Crippen MR) is 72.0 cm³/mol. The summed E-state index contributed by atoms with van der Waals surface area (Å²) in [5, 5.41) is 10.8. The first-order valence-corrected chi connectivity index (χ1v) is 6.22. The van der Waals surface area contributed by atoms with Crippen molar-refractivity contribution in [1.29, 1.82) is 0 Å². The SMILES string of the molecule is C=C(C(=O)OCCCC)C(F)c1ccccc1[N+](=O)[O-]. The number of nitro groups is 1. The molecule has 0 spiro atoms. The Labute approximate surface area is 116 Å². The van der Waals surface area contributed by atoms with Crippen molar-refractivity contribution < 1.29 is 18.8 Å². The number of benzene rings is 1. The van der Waals surface area contributed by atoms with Gasteiger partial charge in [0.05, 0.1) is 22.7 Å². The molecule has 0 saturated carbocycles. The Balaban J connectivity index is 2.84. The second kappa shape index (κ2) is 7.37. The van der Waals surface area contributed by atoms with Gasteiger partial charge in [0.15, 0.2) is 6.17 Å². The minimum atomic E-state index is -1.95. The highest BCUT2D eigenvalue weighted by Crippen LogP contribution is 2.32. The number of carbonyl (C=O) groups is 1. The molecule has 0 bridgehead atoms. The number of para-hydroxylation sites is 1. The highest BCUT2D eigenvalue weighted by Gasteiger charge is 2.27. The van der Waals surface area contributed by atoms with Crippen LogP contribution in [0.3, 0.4) is 0 Å². The fourth-order valence-corrected chi connectivity index (χ4v) is 1.56. The largest absolute Gasteiger partial charge is 0.462 e. The van der Waals surface area contributed by atoms with E-state index in [9.17, 15) is 19.3 Å². The van der Waals surface area contributed by atoms with E-state index in [0.29, 0.717) is 6.42 Å². The number of hydrogen-bond acceptors (Lipinski definition) is 4. The number of rotatable bonds is 7. The number of alkyl halides is 1. The second-order valence-electron chi connectivity index (χ2n) is 4.19. The second-order valence-corrected chi connectivity index (χ2v) is 4.19. The molecular weight excluding hydrogens is 265 g/mol. The van der Waals surface area contributed by atoms with Gasteiger partial charge in [0, 0.05) is 6.07 Å². The topological polar surface area (TPSA) is 69.4 Å². The first kappa shape index (κ1) is 15.8. The lowest BCUT2D eigenvalue weighted by molar-refractivity contribution is -0.385. The fraction of sp³-hybridized carbons (Fsp3) is 0.357. The Kier molecular flexibility index (Phi) is 5.83. The number of nitro benzene ring substituents is 1. The van der Waals surface area contributed by atoms with Gasteiger partial charge in [-0.05, 0) is 12.5 Å². The van der Waals surface area contributed by atoms with Crippen molar-refractivity contribution in [3.8, 4) is 0 Å². The van der Waals surface area contributed by atoms with Gasteiger partial charge in [0.25, 0.3) is 5.69 Å². The van der Waals surface area contributed by atoms with Gasteiger partial charge in [-0.1, -0.05) is 32.1 Å². The molecule has 1 unspecified atom stereocenters. The summed E-state index contributed by atoms with van der Waals surface area (Å²) >= 11 is 0. The molecule has 0 aliphatic rings. The zero-order valence-electron chi connectivity index (χ0n) is 11.2. The van der Waals surface area contributed by atoms with E-state index in [4.69, 9.17) is 4.74 Å². The molecule has 20 heavy (non-hydrogen) atoms. The zero-order valence-corrected chi connectivity index (χ0v) is 11.2. The first-order valence-electron chi connectivity index (χ1n) is 6.22. The van der Waals surface area contributed by atoms with Crippen LogP contribution >= 0.6 is 0 Å². The van der Waals surface area contributed by atoms with Crippen molar-refractivity contribution in [2.24, 2.45) is 0 Å². The standard InChI is InChI=1S/C14H16FNO4/c1-3-4-9-20-14(17)10(2)13(15)11-7-5-6-8-12(11)16(18)19/h5-8,13H,2-4,9H2,1H3. The third kappa shape index (κ3) is 3.88. The van der Waals surface area contributed by atoms with Crippen LogP contribution in [0.25, 0.3) is 0 Å². The highest BCUT2D eigenvalue weighted by molar-refractivity contribution is 5.89. The molecule has 108 valence electrons. The van der Waals surface area contributed by atoms with Gasteiger partial charge in [0.1, 0.15) is 0 Å². The Hall–Kier alpha value is -2.24. The zero-order chi connectivity index (χ0) is 15.1. The van der Waals surface area contributed by atoms with Crippen molar-refractivity contribution in [2.75, 3.05) is 6.61 Å². The van der Waals surface area contributed by atoms with E-state index < -0.39 is 22.6 Å². The van der Waals surface area contributed by atoms with Crippen molar-refractivity contribution in [3.63, 3.8) is 0 Å². The lowest BCUT2D eigenvalue weighted by Crippen LogP contribution is -2.13. The van der Waals surface area contributed by atoms with Crippen LogP contribution in [0.1, 0.15) is 31.5 Å². The number of halogens is 1. The predicted octanol–water partition coefficient (Wildman–Crippen LogP) is 3.50. The van der Waals surface area contributed by atoms with Gasteiger partial charge < -0.3 is 4.74 Å². The third-order valence-corrected chi connectivity index (χ3v) is 2.71. The summed E-state index contributed by atoms with van der Waals surface area (Å²) in [6, 6.07) is 5.33. The minimum absolute atomic E-state index is 0.179. The van der Waals surface area contributed by atoms with Crippen LogP contribution in [0.2, 0.25) is 0 Å². The number of carbonyl (C=O) groups excluding carboxylic acids is 1. The molecule has 0 N–H and O–H groups in total. The van der Waals surface area contributed by atoms with E-state index in [1.807, 2.05) is 6.92 Å². The monoisotopic (exact) mass is 281 g/mol. The van der Waals surface area contributed by atoms with E-state index >= 15 is 0 Å². The van der Waals surface area contributed by atoms with Crippen LogP contribution in [0, 0.1) is 10.1 Å². The lowest BCUT2D eigenvalue weighted by Gasteiger charge is -2.11. The van der Waals surface area contributed by atoms with Crippen molar-refractivity contribution >= 4 is 11.7 Å². The average molecular weight is 281 g/mol. The van der Waals surface area contributed by atoms with E-state index in [1.54, 1.807) is 0 Å². The normalized spacial score (nSPS) is 11.7. The average Bonchev–Trinajstić information content (AvgIpc) is 2.45. The van der Waals surface area contributed by atoms with E-state index in [0.717, 1.165) is 6.42 Å². The quantitative estimate of drug-likeness (QED) is 0.252. The molecule has 6 heteroatoms. The van der Waals surface area contributed by atoms with Crippen LogP contribution in [-0.4, -0.2) is 17.5 Å². The van der Waals surface area contributed by atoms with Gasteiger partial charge in [0.2, 0.25) is 0 Å². The summed E-state index contributed by atoms with van der Waals surface area (Å²) in [4.78, 5) is 21.7. The number of ether oxygens (including phenoxy) is 1. The van der Waals surface area contributed by atoms with Crippen LogP contribution in [0.5, 0.6) is 0 Å². The molecule has 1 atom stereocenters. The molecule has 1 aromatic rings. The maximum Gasteiger partial charge on any atom is 0.336 e. The molecule has 0 amide bonds. The van der Waals surface area contributed by atoms with Crippen LogP contribution in [0.4, 0.5) is 10.1 Å². The molecular formula is C14H16FNO4. The third-order valence-electron chi connectivity index (χ3n) is 2.71. The van der Waals surface area contributed by atoms with Crippen molar-refractivity contribution in [1.82, 2.24) is 0 Å². The first-order chi connectivity index (χ1) is 9.49. The molecule has 0 fully saturated rings. The number of unbranched alkanes of at least 4 members (excludes halogenated alkanes) is 1. The van der Waals surface area contributed by atoms with Crippen LogP contribution in [-0.2, 0) is 9.53 Å². The number of hydrogen-bond donors (Lipinski definition) is 0. The highest BCUT2D eigenvalue weighted by atomic mass is 19.1. The van der Waals surface area contributed by atoms with Gasteiger partial charge in [-0.25, -0.2) is 9.18 Å². The molecule has 0 heterocycles. The maximum atomic E-state index is 14.2. The van der Waals surface area contributed by atoms with Crippen molar-refractivity contribution in [3.05, 3.63) is 52.1 Å². The van der Waals surface area contributed by atoms with E-state index in [2.05, 4.69) is 6.58 Å². The van der Waals surface area contributed by atoms with Crippen molar-refractivity contribution in [2.45, 2.75) is 25.9 Å². The van der Waals surface area contributed by atoms with E-state index in [-0.39, 0.29) is 17.9 Å². The van der Waals surface area contributed by atoms with Gasteiger partial charge in [-0.15, -0.1) is 0 Å². The smallest absolute Gasteiger partial charge is 0.336 e. The van der Waals surface area contributed by atoms with Crippen LogP contribution < -0.4 is 0 Å². The Bertz CT molecular complexity index is 516. The molecule has 0 radical (unpaired) electrons. The summed E-state index contributed by atoms with van der Waals surface area (Å²) in [5.41, 5.74) is -1.02. The molecule has 5 nitrogen and oxygen atoms in total. The Morgan fingerprint density at radius 2 is 2.15 bits per heavy atom. The number of nitrogens with zero attached hydrogens (tertiary/aromatic N) is 1. The molecule has 0 aliphatic heterocycles. The minimum Gasteiger partial charge on any atom is -0.462 e. The molecule has 0 aliphatic carbocycles. The summed E-state index contributed by atoms with van der Waals surface area (Å²) < 4.78 is 19.0. The summed E-state index contributed by atoms with van der Waals surface area (Å²) in [5.74, 6) is -0.871. The van der Waals surface area contributed by atoms with Gasteiger partial charge in [-0.2, -0.15) is 0 Å². The Morgan fingerprint density at radius 3 is 2.75 bits per heavy atom. The lowest BCUT2D eigenvalue weighted by atomic mass is 10.0. The van der Waals surface area contributed by atoms with Gasteiger partial charge in [-0.3, -0.25) is 10.1 Å². The fourth-order valence-electron chi connectivity index (χ4n) is 1.56. The summed E-state index contributed by atoms with van der Waals surface area (Å²) in [7, 11) is 0. The summed E-state index contributed by atoms with van der Waals surface area (Å²) in [6.07, 6.45) is -0.449. The molecule has 0 saturated heterocycles. The maximum absolute atomic E-state index is 14.2. The number of esters is 1. The molecule has 1 aromatic carbocycles. The molecule has 0 aromatic heterocycles. The summed E-state index contributed by atoms with van der Waals surface area (Å²) in [6.45, 7) is 5.44.